The van der Waals surface area contributed by atoms with Gasteiger partial charge in [-0.2, -0.15) is 13.2 Å². The van der Waals surface area contributed by atoms with E-state index >= 15 is 0 Å². The van der Waals surface area contributed by atoms with Crippen molar-refractivity contribution in [3.63, 3.8) is 0 Å². The first-order valence-electron chi connectivity index (χ1n) is 8.93. The number of rotatable bonds is 7. The molecule has 0 saturated carbocycles. The zero-order valence-corrected chi connectivity index (χ0v) is 17.1. The summed E-state index contributed by atoms with van der Waals surface area (Å²) in [4.78, 5) is 16.8. The van der Waals surface area contributed by atoms with Crippen molar-refractivity contribution in [2.45, 2.75) is 12.6 Å². The number of hydrogen-bond acceptors (Lipinski definition) is 5. The summed E-state index contributed by atoms with van der Waals surface area (Å²) in [5, 5.41) is 5.27. The van der Waals surface area contributed by atoms with E-state index in [1.807, 2.05) is 5.38 Å². The highest BCUT2D eigenvalue weighted by Crippen LogP contribution is 2.31. The minimum absolute atomic E-state index is 0.273. The first-order valence-corrected chi connectivity index (χ1v) is 9.81. The predicted molar refractivity (Wildman–Crippen MR) is 108 cm³/mol. The second-order valence-corrected chi connectivity index (χ2v) is 7.18. The molecule has 30 heavy (non-hydrogen) atoms. The summed E-state index contributed by atoms with van der Waals surface area (Å²) >= 11 is 1.34. The first-order chi connectivity index (χ1) is 14.3. The van der Waals surface area contributed by atoms with Crippen LogP contribution in [0, 0.1) is 0 Å². The number of benzene rings is 2. The molecule has 0 radical (unpaired) electrons. The smallest absolute Gasteiger partial charge is 0.416 e. The fourth-order valence-electron chi connectivity index (χ4n) is 2.70. The largest absolute Gasteiger partial charge is 0.497 e. The number of amides is 1. The van der Waals surface area contributed by atoms with Crippen molar-refractivity contribution < 1.29 is 27.4 Å². The Hall–Kier alpha value is -3.07. The number of hydrogen-bond donors (Lipinski definition) is 1. The van der Waals surface area contributed by atoms with Gasteiger partial charge in [0.2, 0.25) is 0 Å². The SMILES string of the molecule is COc1cc(OC)cc(C(=O)NCCc2csc(-c3ccc(C(F)(F)F)cc3)n2)c1. The lowest BCUT2D eigenvalue weighted by Gasteiger charge is -2.09. The molecule has 1 amide bonds. The Morgan fingerprint density at radius 1 is 1.07 bits per heavy atom. The molecule has 0 unspecified atom stereocenters. The highest BCUT2D eigenvalue weighted by Gasteiger charge is 2.30. The highest BCUT2D eigenvalue weighted by molar-refractivity contribution is 7.13. The van der Waals surface area contributed by atoms with E-state index in [1.165, 1.54) is 37.7 Å². The van der Waals surface area contributed by atoms with Crippen molar-refractivity contribution in [3.05, 3.63) is 64.7 Å². The number of nitrogens with zero attached hydrogens (tertiary/aromatic N) is 1. The number of carbonyl (C=O) groups excluding carboxylic acids is 1. The number of ether oxygens (including phenoxy) is 2. The number of halogens is 3. The average molecular weight is 436 g/mol. The quantitative estimate of drug-likeness (QED) is 0.577. The Balaban J connectivity index is 1.59. The molecule has 9 heteroatoms. The maximum atomic E-state index is 12.7. The second kappa shape index (κ2) is 9.17. The third-order valence-corrected chi connectivity index (χ3v) is 5.23. The summed E-state index contributed by atoms with van der Waals surface area (Å²) in [5.74, 6) is 0.755. The van der Waals surface area contributed by atoms with Crippen LogP contribution in [0.15, 0.2) is 47.8 Å². The van der Waals surface area contributed by atoms with Gasteiger partial charge in [-0.1, -0.05) is 12.1 Å². The summed E-state index contributed by atoms with van der Waals surface area (Å²) in [6, 6.07) is 9.80. The fourth-order valence-corrected chi connectivity index (χ4v) is 3.56. The van der Waals surface area contributed by atoms with E-state index in [4.69, 9.17) is 9.47 Å². The van der Waals surface area contributed by atoms with E-state index in [2.05, 4.69) is 10.3 Å². The zero-order chi connectivity index (χ0) is 21.7. The van der Waals surface area contributed by atoms with Crippen molar-refractivity contribution >= 4 is 17.2 Å². The van der Waals surface area contributed by atoms with Crippen LogP contribution in [0.1, 0.15) is 21.6 Å². The number of methoxy groups -OCH3 is 2. The van der Waals surface area contributed by atoms with E-state index in [1.54, 1.807) is 18.2 Å². The van der Waals surface area contributed by atoms with Crippen LogP contribution in [0.2, 0.25) is 0 Å². The summed E-state index contributed by atoms with van der Waals surface area (Å²) in [6.07, 6.45) is -3.87. The van der Waals surface area contributed by atoms with Crippen LogP contribution in [0.5, 0.6) is 11.5 Å². The van der Waals surface area contributed by atoms with E-state index in [0.717, 1.165) is 17.8 Å². The Morgan fingerprint density at radius 3 is 2.27 bits per heavy atom. The van der Waals surface area contributed by atoms with Gasteiger partial charge in [-0.25, -0.2) is 4.98 Å². The molecule has 0 fully saturated rings. The van der Waals surface area contributed by atoms with Crippen LogP contribution in [-0.4, -0.2) is 31.7 Å². The number of aromatic nitrogens is 1. The maximum absolute atomic E-state index is 12.7. The molecule has 1 heterocycles. The van der Waals surface area contributed by atoms with Crippen molar-refractivity contribution in [2.24, 2.45) is 0 Å². The van der Waals surface area contributed by atoms with Crippen LogP contribution in [-0.2, 0) is 12.6 Å². The normalized spacial score (nSPS) is 11.2. The Kier molecular flexibility index (Phi) is 6.61. The molecule has 1 aromatic heterocycles. The van der Waals surface area contributed by atoms with Gasteiger partial charge in [-0.15, -0.1) is 11.3 Å². The molecule has 3 rings (SSSR count). The molecule has 2 aromatic carbocycles. The lowest BCUT2D eigenvalue weighted by molar-refractivity contribution is -0.137. The summed E-state index contributed by atoms with van der Waals surface area (Å²) in [6.45, 7) is 0.356. The lowest BCUT2D eigenvalue weighted by atomic mass is 10.1. The molecular formula is C21H19F3N2O3S. The number of thiazole rings is 1. The van der Waals surface area contributed by atoms with E-state index in [-0.39, 0.29) is 5.91 Å². The lowest BCUT2D eigenvalue weighted by Crippen LogP contribution is -2.25. The third-order valence-electron chi connectivity index (χ3n) is 4.29. The Bertz CT molecular complexity index is 995. The van der Waals surface area contributed by atoms with Crippen LogP contribution in [0.3, 0.4) is 0 Å². The van der Waals surface area contributed by atoms with Crippen LogP contribution in [0.25, 0.3) is 10.6 Å². The number of carbonyl (C=O) groups is 1. The van der Waals surface area contributed by atoms with Crippen molar-refractivity contribution in [1.82, 2.24) is 10.3 Å². The van der Waals surface area contributed by atoms with Crippen LogP contribution >= 0.6 is 11.3 Å². The molecule has 0 bridgehead atoms. The highest BCUT2D eigenvalue weighted by atomic mass is 32.1. The second-order valence-electron chi connectivity index (χ2n) is 6.33. The zero-order valence-electron chi connectivity index (χ0n) is 16.2. The van der Waals surface area contributed by atoms with E-state index in [0.29, 0.717) is 40.6 Å². The number of nitrogens with one attached hydrogen (secondary N) is 1. The predicted octanol–water partition coefficient (Wildman–Crippen LogP) is 4.82. The maximum Gasteiger partial charge on any atom is 0.416 e. The third kappa shape index (κ3) is 5.29. The monoisotopic (exact) mass is 436 g/mol. The summed E-state index contributed by atoms with van der Waals surface area (Å²) < 4.78 is 48.4. The summed E-state index contributed by atoms with van der Waals surface area (Å²) in [7, 11) is 3.01. The van der Waals surface area contributed by atoms with Gasteiger partial charge in [0.1, 0.15) is 16.5 Å². The van der Waals surface area contributed by atoms with Crippen molar-refractivity contribution in [3.8, 4) is 22.1 Å². The van der Waals surface area contributed by atoms with Crippen molar-refractivity contribution in [2.75, 3.05) is 20.8 Å². The van der Waals surface area contributed by atoms with Gasteiger partial charge in [0.25, 0.3) is 5.91 Å². The van der Waals surface area contributed by atoms with Crippen LogP contribution < -0.4 is 14.8 Å². The molecule has 0 aliphatic carbocycles. The van der Waals surface area contributed by atoms with E-state index in [9.17, 15) is 18.0 Å². The van der Waals surface area contributed by atoms with Gasteiger partial charge < -0.3 is 14.8 Å². The van der Waals surface area contributed by atoms with Gasteiger partial charge >= 0.3 is 6.18 Å². The molecule has 0 aliphatic heterocycles. The molecule has 0 saturated heterocycles. The van der Waals surface area contributed by atoms with Gasteiger partial charge in [0.05, 0.1) is 25.5 Å². The molecule has 0 spiro atoms. The number of alkyl halides is 3. The summed E-state index contributed by atoms with van der Waals surface area (Å²) in [5.41, 5.74) is 1.08. The molecular weight excluding hydrogens is 417 g/mol. The minimum Gasteiger partial charge on any atom is -0.497 e. The topological polar surface area (TPSA) is 60.5 Å². The van der Waals surface area contributed by atoms with Gasteiger partial charge in [0.15, 0.2) is 0 Å². The van der Waals surface area contributed by atoms with Gasteiger partial charge in [-0.05, 0) is 24.3 Å². The minimum atomic E-state index is -4.36. The molecule has 0 aliphatic rings. The first kappa shape index (κ1) is 21.6. The van der Waals surface area contributed by atoms with E-state index < -0.39 is 11.7 Å². The Morgan fingerprint density at radius 2 is 1.70 bits per heavy atom. The molecule has 158 valence electrons. The molecule has 0 atom stereocenters. The van der Waals surface area contributed by atoms with Gasteiger partial charge in [-0.3, -0.25) is 4.79 Å². The van der Waals surface area contributed by atoms with Crippen LogP contribution in [0.4, 0.5) is 13.2 Å². The fraction of sp³-hybridized carbons (Fsp3) is 0.238. The standard InChI is InChI=1S/C21H19F3N2O3S/c1-28-17-9-14(10-18(11-17)29-2)19(27)25-8-7-16-12-30-20(26-16)13-3-5-15(6-4-13)21(22,23)24/h3-6,9-12H,7-8H2,1-2H3,(H,25,27). The average Bonchev–Trinajstić information content (AvgIpc) is 3.21. The molecule has 1 N–H and O–H groups in total. The Labute approximate surface area is 175 Å². The molecule has 3 aromatic rings. The van der Waals surface area contributed by atoms with Crippen molar-refractivity contribution in [1.29, 1.82) is 0 Å². The molecule has 5 nitrogen and oxygen atoms in total. The van der Waals surface area contributed by atoms with Gasteiger partial charge in [0, 0.05) is 35.5 Å².